The van der Waals surface area contributed by atoms with Crippen LogP contribution in [0.2, 0.25) is 5.22 Å². The highest BCUT2D eigenvalue weighted by Gasteiger charge is 2.30. The second-order valence-electron chi connectivity index (χ2n) is 2.86. The summed E-state index contributed by atoms with van der Waals surface area (Å²) >= 11 is 5.57. The first-order valence-corrected chi connectivity index (χ1v) is 3.88. The molecule has 1 aliphatic rings. The zero-order valence-electron chi connectivity index (χ0n) is 6.06. The van der Waals surface area contributed by atoms with Gasteiger partial charge < -0.3 is 4.42 Å². The van der Waals surface area contributed by atoms with Crippen LogP contribution in [-0.2, 0) is 6.42 Å². The maximum absolute atomic E-state index is 11.3. The molecule has 0 amide bonds. The summed E-state index contributed by atoms with van der Waals surface area (Å²) in [6, 6.07) is 1.60. The van der Waals surface area contributed by atoms with Gasteiger partial charge in [0.05, 0.1) is 5.56 Å². The highest BCUT2D eigenvalue weighted by Crippen LogP contribution is 2.30. The summed E-state index contributed by atoms with van der Waals surface area (Å²) in [6.45, 7) is 1.89. The molecule has 0 bridgehead atoms. The normalized spacial score (nSPS) is 22.4. The molecule has 0 spiro atoms. The maximum Gasteiger partial charge on any atom is 0.194 e. The van der Waals surface area contributed by atoms with Crippen molar-refractivity contribution in [1.29, 1.82) is 0 Å². The summed E-state index contributed by atoms with van der Waals surface area (Å²) in [5.41, 5.74) is 0.669. The lowest BCUT2D eigenvalue weighted by molar-refractivity contribution is 0.0946. The number of furan rings is 1. The van der Waals surface area contributed by atoms with E-state index in [2.05, 4.69) is 0 Å². The number of ketones is 1. The van der Waals surface area contributed by atoms with E-state index in [0.29, 0.717) is 17.2 Å². The molecule has 11 heavy (non-hydrogen) atoms. The van der Waals surface area contributed by atoms with E-state index >= 15 is 0 Å². The first kappa shape index (κ1) is 6.92. The average molecular weight is 171 g/mol. The molecular weight excluding hydrogens is 164 g/mol. The second kappa shape index (κ2) is 2.11. The molecule has 58 valence electrons. The van der Waals surface area contributed by atoms with E-state index in [1.165, 1.54) is 0 Å². The third-order valence-corrected chi connectivity index (χ3v) is 2.17. The van der Waals surface area contributed by atoms with Gasteiger partial charge in [-0.3, -0.25) is 4.79 Å². The summed E-state index contributed by atoms with van der Waals surface area (Å²) in [5.74, 6) is 0.962. The first-order valence-electron chi connectivity index (χ1n) is 3.51. The number of Topliss-reactive ketones (excluding diaryl/α,β-unsaturated/α-hetero) is 1. The van der Waals surface area contributed by atoms with Crippen molar-refractivity contribution in [3.63, 3.8) is 0 Å². The van der Waals surface area contributed by atoms with Crippen molar-refractivity contribution in [3.05, 3.63) is 22.6 Å². The lowest BCUT2D eigenvalue weighted by Gasteiger charge is -1.94. The predicted octanol–water partition coefficient (Wildman–Crippen LogP) is 2.31. The smallest absolute Gasteiger partial charge is 0.194 e. The van der Waals surface area contributed by atoms with Crippen molar-refractivity contribution >= 4 is 17.4 Å². The topological polar surface area (TPSA) is 30.2 Å². The molecule has 1 aromatic rings. The van der Waals surface area contributed by atoms with Crippen LogP contribution in [0.15, 0.2) is 10.5 Å². The van der Waals surface area contributed by atoms with Gasteiger partial charge >= 0.3 is 0 Å². The minimum atomic E-state index is 0.0704. The van der Waals surface area contributed by atoms with Crippen molar-refractivity contribution in [2.45, 2.75) is 13.3 Å². The van der Waals surface area contributed by atoms with Crippen LogP contribution in [0.1, 0.15) is 23.0 Å². The number of fused-ring (bicyclic) bond motifs is 1. The van der Waals surface area contributed by atoms with Crippen LogP contribution >= 0.6 is 11.6 Å². The fraction of sp³-hybridized carbons (Fsp3) is 0.375. The molecule has 1 aromatic heterocycles. The van der Waals surface area contributed by atoms with Crippen molar-refractivity contribution in [1.82, 2.24) is 0 Å². The third-order valence-electron chi connectivity index (χ3n) is 1.98. The van der Waals surface area contributed by atoms with Gasteiger partial charge in [-0.25, -0.2) is 0 Å². The standard InChI is InChI=1S/C8H7ClO2/c1-4-2-6-5(8(4)10)3-7(9)11-6/h3-4H,2H2,1H3. The van der Waals surface area contributed by atoms with Gasteiger partial charge in [-0.2, -0.15) is 0 Å². The van der Waals surface area contributed by atoms with Crippen LogP contribution in [0.3, 0.4) is 0 Å². The molecule has 0 saturated heterocycles. The van der Waals surface area contributed by atoms with E-state index in [-0.39, 0.29) is 11.7 Å². The predicted molar refractivity (Wildman–Crippen MR) is 40.9 cm³/mol. The van der Waals surface area contributed by atoms with Gasteiger partial charge in [-0.1, -0.05) is 6.92 Å². The highest BCUT2D eigenvalue weighted by atomic mass is 35.5. The van der Waals surface area contributed by atoms with Gasteiger partial charge in [0.2, 0.25) is 0 Å². The minimum absolute atomic E-state index is 0.0704. The Labute approximate surface area is 69.1 Å². The fourth-order valence-corrected chi connectivity index (χ4v) is 1.59. The Kier molecular flexibility index (Phi) is 1.33. The van der Waals surface area contributed by atoms with Crippen LogP contribution in [-0.4, -0.2) is 5.78 Å². The Balaban J connectivity index is 2.52. The zero-order chi connectivity index (χ0) is 8.01. The van der Waals surface area contributed by atoms with Crippen LogP contribution in [0.5, 0.6) is 0 Å². The Bertz CT molecular complexity index is 314. The minimum Gasteiger partial charge on any atom is -0.449 e. The molecule has 0 saturated carbocycles. The molecule has 0 N–H and O–H groups in total. The molecule has 1 aliphatic carbocycles. The van der Waals surface area contributed by atoms with E-state index in [4.69, 9.17) is 16.0 Å². The molecule has 1 unspecified atom stereocenters. The van der Waals surface area contributed by atoms with Gasteiger partial charge in [0, 0.05) is 18.4 Å². The SMILES string of the molecule is CC1Cc2oc(Cl)cc2C1=O. The summed E-state index contributed by atoms with van der Waals surface area (Å²) < 4.78 is 5.11. The van der Waals surface area contributed by atoms with Gasteiger partial charge in [0.15, 0.2) is 11.0 Å². The van der Waals surface area contributed by atoms with E-state index < -0.39 is 0 Å². The van der Waals surface area contributed by atoms with Gasteiger partial charge in [-0.15, -0.1) is 0 Å². The molecule has 0 radical (unpaired) electrons. The van der Waals surface area contributed by atoms with E-state index in [1.807, 2.05) is 6.92 Å². The Hall–Kier alpha value is -0.760. The lowest BCUT2D eigenvalue weighted by Crippen LogP contribution is -2.02. The first-order chi connectivity index (χ1) is 5.18. The van der Waals surface area contributed by atoms with E-state index in [0.717, 1.165) is 5.76 Å². The van der Waals surface area contributed by atoms with Crippen molar-refractivity contribution in [2.75, 3.05) is 0 Å². The molecule has 2 nitrogen and oxygen atoms in total. The molecular formula is C8H7ClO2. The highest BCUT2D eigenvalue weighted by molar-refractivity contribution is 6.29. The number of hydrogen-bond donors (Lipinski definition) is 0. The zero-order valence-corrected chi connectivity index (χ0v) is 6.81. The van der Waals surface area contributed by atoms with Gasteiger partial charge in [0.25, 0.3) is 0 Å². The Morgan fingerprint density at radius 2 is 2.45 bits per heavy atom. The number of halogens is 1. The van der Waals surface area contributed by atoms with Crippen LogP contribution < -0.4 is 0 Å². The van der Waals surface area contributed by atoms with Crippen LogP contribution in [0, 0.1) is 5.92 Å². The van der Waals surface area contributed by atoms with Crippen LogP contribution in [0.4, 0.5) is 0 Å². The third kappa shape index (κ3) is 0.897. The monoisotopic (exact) mass is 170 g/mol. The van der Waals surface area contributed by atoms with Gasteiger partial charge in [0.1, 0.15) is 5.76 Å². The molecule has 0 fully saturated rings. The molecule has 0 aromatic carbocycles. The van der Waals surface area contributed by atoms with Gasteiger partial charge in [-0.05, 0) is 11.6 Å². The molecule has 2 rings (SSSR count). The summed E-state index contributed by atoms with van der Waals surface area (Å²) in [7, 11) is 0. The van der Waals surface area contributed by atoms with E-state index in [9.17, 15) is 4.79 Å². The Morgan fingerprint density at radius 3 is 3.09 bits per heavy atom. The lowest BCUT2D eigenvalue weighted by atomic mass is 10.1. The molecule has 0 aliphatic heterocycles. The summed E-state index contributed by atoms with van der Waals surface area (Å²) in [6.07, 6.45) is 0.695. The molecule has 1 heterocycles. The molecule has 3 heteroatoms. The van der Waals surface area contributed by atoms with E-state index in [1.54, 1.807) is 6.07 Å². The summed E-state index contributed by atoms with van der Waals surface area (Å²) in [5, 5.41) is 0.315. The van der Waals surface area contributed by atoms with Crippen LogP contribution in [0.25, 0.3) is 0 Å². The second-order valence-corrected chi connectivity index (χ2v) is 3.23. The van der Waals surface area contributed by atoms with Crippen molar-refractivity contribution in [2.24, 2.45) is 5.92 Å². The van der Waals surface area contributed by atoms with Crippen molar-refractivity contribution < 1.29 is 9.21 Å². The maximum atomic E-state index is 11.3. The quantitative estimate of drug-likeness (QED) is 0.598. The number of hydrogen-bond acceptors (Lipinski definition) is 2. The Morgan fingerprint density at radius 1 is 1.73 bits per heavy atom. The largest absolute Gasteiger partial charge is 0.449 e. The fourth-order valence-electron chi connectivity index (χ4n) is 1.39. The molecule has 1 atom stereocenters. The number of rotatable bonds is 0. The van der Waals surface area contributed by atoms with Crippen molar-refractivity contribution in [3.8, 4) is 0 Å². The average Bonchev–Trinajstić information content (AvgIpc) is 2.37. The number of carbonyl (C=O) groups excluding carboxylic acids is 1. The summed E-state index contributed by atoms with van der Waals surface area (Å²) in [4.78, 5) is 11.3. The number of carbonyl (C=O) groups is 1.